The third-order valence-electron chi connectivity index (χ3n) is 4.18. The van der Waals surface area contributed by atoms with Crippen LogP contribution in [0, 0.1) is 5.82 Å². The first-order chi connectivity index (χ1) is 11.5. The predicted octanol–water partition coefficient (Wildman–Crippen LogP) is 3.30. The van der Waals surface area contributed by atoms with Crippen molar-refractivity contribution in [3.63, 3.8) is 0 Å². The number of hydrogen-bond donors (Lipinski definition) is 1. The zero-order valence-electron chi connectivity index (χ0n) is 14.0. The molecule has 0 spiro atoms. The van der Waals surface area contributed by atoms with Crippen molar-refractivity contribution < 1.29 is 9.18 Å². The largest absolute Gasteiger partial charge is 0.337 e. The molecule has 1 aliphatic heterocycles. The molecule has 128 valence electrons. The van der Waals surface area contributed by atoms with Crippen LogP contribution in [0.25, 0.3) is 0 Å². The van der Waals surface area contributed by atoms with Crippen LogP contribution in [0.1, 0.15) is 42.5 Å². The van der Waals surface area contributed by atoms with Gasteiger partial charge in [0.05, 0.1) is 5.69 Å². The highest BCUT2D eigenvalue weighted by Crippen LogP contribution is 2.19. The Morgan fingerprint density at radius 2 is 2.29 bits per heavy atom. The van der Waals surface area contributed by atoms with Crippen molar-refractivity contribution in [1.29, 1.82) is 0 Å². The SMILES string of the molecule is CC(C)c1csc(CN[C@@H]2CC(=O)N(Cc3cccc(F)c3)C2)n1. The summed E-state index contributed by atoms with van der Waals surface area (Å²) in [5, 5.41) is 6.56. The third kappa shape index (κ3) is 4.19. The second-order valence-electron chi connectivity index (χ2n) is 6.51. The highest BCUT2D eigenvalue weighted by atomic mass is 32.1. The molecule has 1 aromatic heterocycles. The molecule has 0 aliphatic carbocycles. The molecule has 1 saturated heterocycles. The average molecular weight is 347 g/mol. The van der Waals surface area contributed by atoms with E-state index in [1.165, 1.54) is 12.1 Å². The van der Waals surface area contributed by atoms with Crippen molar-refractivity contribution in [3.8, 4) is 0 Å². The van der Waals surface area contributed by atoms with E-state index in [1.54, 1.807) is 22.3 Å². The van der Waals surface area contributed by atoms with Gasteiger partial charge < -0.3 is 10.2 Å². The molecule has 4 nitrogen and oxygen atoms in total. The maximum absolute atomic E-state index is 13.3. The molecule has 1 atom stereocenters. The second kappa shape index (κ2) is 7.40. The number of halogens is 1. The van der Waals surface area contributed by atoms with Gasteiger partial charge in [0.25, 0.3) is 0 Å². The minimum Gasteiger partial charge on any atom is -0.337 e. The highest BCUT2D eigenvalue weighted by molar-refractivity contribution is 7.09. The number of carbonyl (C=O) groups is 1. The molecule has 2 aromatic rings. The standard InChI is InChI=1S/C18H22FN3OS/c1-12(2)16-11-24-17(21-16)8-20-15-7-18(23)22(10-15)9-13-4-3-5-14(19)6-13/h3-6,11-12,15,20H,7-10H2,1-2H3/t15-/m1/s1. The van der Waals surface area contributed by atoms with E-state index in [-0.39, 0.29) is 17.8 Å². The molecular weight excluding hydrogens is 325 g/mol. The predicted molar refractivity (Wildman–Crippen MR) is 93.3 cm³/mol. The van der Waals surface area contributed by atoms with Crippen LogP contribution in [0.4, 0.5) is 4.39 Å². The van der Waals surface area contributed by atoms with Crippen LogP contribution in [0.5, 0.6) is 0 Å². The number of hydrogen-bond acceptors (Lipinski definition) is 4. The van der Waals surface area contributed by atoms with Crippen molar-refractivity contribution in [3.05, 3.63) is 51.7 Å². The summed E-state index contributed by atoms with van der Waals surface area (Å²) >= 11 is 1.65. The van der Waals surface area contributed by atoms with E-state index in [4.69, 9.17) is 0 Å². The van der Waals surface area contributed by atoms with Gasteiger partial charge in [-0.15, -0.1) is 11.3 Å². The Bertz CT molecular complexity index is 716. The van der Waals surface area contributed by atoms with Crippen molar-refractivity contribution in [2.75, 3.05) is 6.54 Å². The van der Waals surface area contributed by atoms with Gasteiger partial charge in [-0.1, -0.05) is 26.0 Å². The van der Waals surface area contributed by atoms with Crippen LogP contribution in [0.2, 0.25) is 0 Å². The second-order valence-corrected chi connectivity index (χ2v) is 7.45. The number of thiazole rings is 1. The number of amides is 1. The van der Waals surface area contributed by atoms with Gasteiger partial charge in [0, 0.05) is 37.5 Å². The van der Waals surface area contributed by atoms with Crippen LogP contribution < -0.4 is 5.32 Å². The summed E-state index contributed by atoms with van der Waals surface area (Å²) < 4.78 is 13.3. The number of benzene rings is 1. The van der Waals surface area contributed by atoms with E-state index >= 15 is 0 Å². The lowest BCUT2D eigenvalue weighted by atomic mass is 10.2. The van der Waals surface area contributed by atoms with E-state index < -0.39 is 0 Å². The van der Waals surface area contributed by atoms with Crippen LogP contribution in [0.3, 0.4) is 0 Å². The monoisotopic (exact) mass is 347 g/mol. The first-order valence-corrected chi connectivity index (χ1v) is 9.09. The number of nitrogens with zero attached hydrogens (tertiary/aromatic N) is 2. The molecule has 1 aliphatic rings. The molecule has 0 unspecified atom stereocenters. The zero-order valence-corrected chi connectivity index (χ0v) is 14.8. The molecule has 1 N–H and O–H groups in total. The van der Waals surface area contributed by atoms with E-state index in [1.807, 2.05) is 6.07 Å². The molecule has 24 heavy (non-hydrogen) atoms. The molecule has 1 aromatic carbocycles. The number of likely N-dealkylation sites (tertiary alicyclic amines) is 1. The smallest absolute Gasteiger partial charge is 0.224 e. The van der Waals surface area contributed by atoms with Gasteiger partial charge in [0.2, 0.25) is 5.91 Å². The Hall–Kier alpha value is -1.79. The molecule has 1 amide bonds. The molecule has 6 heteroatoms. The third-order valence-corrected chi connectivity index (χ3v) is 5.05. The fourth-order valence-corrected chi connectivity index (χ4v) is 3.73. The van der Waals surface area contributed by atoms with Crippen LogP contribution in [-0.4, -0.2) is 28.4 Å². The fourth-order valence-electron chi connectivity index (χ4n) is 2.82. The van der Waals surface area contributed by atoms with Crippen molar-refractivity contribution in [2.45, 2.75) is 45.3 Å². The van der Waals surface area contributed by atoms with E-state index in [9.17, 15) is 9.18 Å². The van der Waals surface area contributed by atoms with Crippen molar-refractivity contribution in [1.82, 2.24) is 15.2 Å². The highest BCUT2D eigenvalue weighted by Gasteiger charge is 2.29. The lowest BCUT2D eigenvalue weighted by Crippen LogP contribution is -2.32. The van der Waals surface area contributed by atoms with Gasteiger partial charge in [-0.25, -0.2) is 9.37 Å². The minimum absolute atomic E-state index is 0.110. The van der Waals surface area contributed by atoms with Crippen LogP contribution in [-0.2, 0) is 17.9 Å². The van der Waals surface area contributed by atoms with Gasteiger partial charge in [-0.3, -0.25) is 4.79 Å². The Balaban J connectivity index is 1.52. The van der Waals surface area contributed by atoms with Gasteiger partial charge in [0.15, 0.2) is 0 Å². The summed E-state index contributed by atoms with van der Waals surface area (Å²) in [7, 11) is 0. The Kier molecular flexibility index (Phi) is 5.26. The molecule has 2 heterocycles. The topological polar surface area (TPSA) is 45.2 Å². The maximum Gasteiger partial charge on any atom is 0.224 e. The first-order valence-electron chi connectivity index (χ1n) is 8.21. The van der Waals surface area contributed by atoms with Crippen LogP contribution >= 0.6 is 11.3 Å². The quantitative estimate of drug-likeness (QED) is 0.872. The average Bonchev–Trinajstić information content (AvgIpc) is 3.13. The summed E-state index contributed by atoms with van der Waals surface area (Å²) in [5.74, 6) is 0.280. The summed E-state index contributed by atoms with van der Waals surface area (Å²) in [6.45, 7) is 6.06. The van der Waals surface area contributed by atoms with Crippen molar-refractivity contribution in [2.24, 2.45) is 0 Å². The van der Waals surface area contributed by atoms with Gasteiger partial charge in [-0.2, -0.15) is 0 Å². The molecular formula is C18H22FN3OS. The Labute approximate surface area is 145 Å². The number of aromatic nitrogens is 1. The molecule has 0 radical (unpaired) electrons. The summed E-state index contributed by atoms with van der Waals surface area (Å²) in [6, 6.07) is 6.55. The van der Waals surface area contributed by atoms with E-state index in [0.717, 1.165) is 16.3 Å². The Morgan fingerprint density at radius 3 is 3.00 bits per heavy atom. The summed E-state index contributed by atoms with van der Waals surface area (Å²) in [6.07, 6.45) is 0.484. The minimum atomic E-state index is -0.265. The summed E-state index contributed by atoms with van der Waals surface area (Å²) in [4.78, 5) is 18.5. The number of rotatable bonds is 6. The van der Waals surface area contributed by atoms with E-state index in [2.05, 4.69) is 29.5 Å². The Morgan fingerprint density at radius 1 is 1.46 bits per heavy atom. The van der Waals surface area contributed by atoms with E-state index in [0.29, 0.717) is 32.0 Å². The van der Waals surface area contributed by atoms with Gasteiger partial charge in [-0.05, 0) is 23.6 Å². The normalized spacial score (nSPS) is 17.9. The lowest BCUT2D eigenvalue weighted by Gasteiger charge is -2.17. The molecule has 1 fully saturated rings. The van der Waals surface area contributed by atoms with Crippen molar-refractivity contribution >= 4 is 17.2 Å². The molecule has 3 rings (SSSR count). The number of carbonyl (C=O) groups excluding carboxylic acids is 1. The number of nitrogens with one attached hydrogen (secondary N) is 1. The fraction of sp³-hybridized carbons (Fsp3) is 0.444. The van der Waals surface area contributed by atoms with Gasteiger partial charge in [0.1, 0.15) is 10.8 Å². The molecule has 0 saturated carbocycles. The lowest BCUT2D eigenvalue weighted by molar-refractivity contribution is -0.128. The van der Waals surface area contributed by atoms with Gasteiger partial charge >= 0.3 is 0 Å². The van der Waals surface area contributed by atoms with Crippen LogP contribution in [0.15, 0.2) is 29.6 Å². The zero-order chi connectivity index (χ0) is 17.1. The maximum atomic E-state index is 13.3. The molecule has 0 bridgehead atoms. The first kappa shape index (κ1) is 17.0. The summed E-state index contributed by atoms with van der Waals surface area (Å²) in [5.41, 5.74) is 1.94.